The van der Waals surface area contributed by atoms with Crippen molar-refractivity contribution in [3.8, 4) is 11.8 Å². The summed E-state index contributed by atoms with van der Waals surface area (Å²) in [5.41, 5.74) is 1.70. The number of H-pyrrole nitrogens is 1. The lowest BCUT2D eigenvalue weighted by Crippen LogP contribution is -2.40. The van der Waals surface area contributed by atoms with Crippen LogP contribution in [0, 0.1) is 25.2 Å². The minimum Gasteiger partial charge on any atom is -0.491 e. The van der Waals surface area contributed by atoms with Gasteiger partial charge in [-0.15, -0.1) is 0 Å². The molecule has 0 aliphatic carbocycles. The molecule has 0 radical (unpaired) electrons. The summed E-state index contributed by atoms with van der Waals surface area (Å²) in [6.07, 6.45) is 2.58. The van der Waals surface area contributed by atoms with Gasteiger partial charge in [0.15, 0.2) is 9.84 Å². The van der Waals surface area contributed by atoms with E-state index >= 15 is 0 Å². The topological polar surface area (TPSA) is 99.1 Å². The molecule has 0 spiro atoms. The molecule has 0 amide bonds. The molecule has 2 aromatic rings. The van der Waals surface area contributed by atoms with Crippen LogP contribution in [0.25, 0.3) is 0 Å². The van der Waals surface area contributed by atoms with Crippen molar-refractivity contribution in [1.82, 2.24) is 15.1 Å². The quantitative estimate of drug-likeness (QED) is 0.743. The molecule has 1 saturated heterocycles. The van der Waals surface area contributed by atoms with Crippen LogP contribution in [0.3, 0.4) is 0 Å². The Kier molecular flexibility index (Phi) is 6.30. The van der Waals surface area contributed by atoms with Gasteiger partial charge < -0.3 is 4.74 Å². The summed E-state index contributed by atoms with van der Waals surface area (Å²) in [6.45, 7) is 7.54. The molecule has 3 rings (SSSR count). The van der Waals surface area contributed by atoms with Crippen LogP contribution in [0.4, 0.5) is 0 Å². The first-order chi connectivity index (χ1) is 13.7. The van der Waals surface area contributed by atoms with E-state index in [9.17, 15) is 8.42 Å². The molecular weight excluding hydrogens is 388 g/mol. The summed E-state index contributed by atoms with van der Waals surface area (Å²) in [6, 6.07) is 9.47. The van der Waals surface area contributed by atoms with Gasteiger partial charge in [-0.1, -0.05) is 0 Å². The van der Waals surface area contributed by atoms with Crippen molar-refractivity contribution in [2.24, 2.45) is 0 Å². The minimum atomic E-state index is -3.47. The minimum absolute atomic E-state index is 0.0103. The summed E-state index contributed by atoms with van der Waals surface area (Å²) in [5.74, 6) is 0.704. The number of rotatable bonds is 7. The van der Waals surface area contributed by atoms with E-state index in [1.54, 1.807) is 38.1 Å². The van der Waals surface area contributed by atoms with E-state index in [2.05, 4.69) is 28.1 Å². The van der Waals surface area contributed by atoms with Crippen molar-refractivity contribution >= 4 is 9.84 Å². The number of hydrogen-bond acceptors (Lipinski definition) is 6. The number of aromatic amines is 1. The molecule has 1 fully saturated rings. The third-order valence-electron chi connectivity index (χ3n) is 5.57. The lowest BCUT2D eigenvalue weighted by molar-refractivity contribution is 0.147. The zero-order chi connectivity index (χ0) is 21.2. The summed E-state index contributed by atoms with van der Waals surface area (Å²) in [7, 11) is -3.47. The normalized spacial score (nSPS) is 21.1. The van der Waals surface area contributed by atoms with Gasteiger partial charge in [0.2, 0.25) is 0 Å². The average Bonchev–Trinajstić information content (AvgIpc) is 3.18. The second-order valence-electron chi connectivity index (χ2n) is 7.90. The van der Waals surface area contributed by atoms with Crippen LogP contribution in [-0.4, -0.2) is 47.6 Å². The Morgan fingerprint density at radius 2 is 2.00 bits per heavy atom. The van der Waals surface area contributed by atoms with E-state index in [-0.39, 0.29) is 24.1 Å². The SMILES string of the molecule is Cc1n[nH]c(C)c1S(=O)(=O)CN1[C@H](C[C@H](C)Oc2ccc(C#N)cc2)CC[C@@H]1C. The number of nitrogens with one attached hydrogen (secondary N) is 1. The van der Waals surface area contributed by atoms with Gasteiger partial charge in [-0.2, -0.15) is 10.4 Å². The number of nitriles is 1. The van der Waals surface area contributed by atoms with Crippen LogP contribution >= 0.6 is 0 Å². The van der Waals surface area contributed by atoms with E-state index in [0.29, 0.717) is 27.6 Å². The number of aryl methyl sites for hydroxylation is 2. The maximum atomic E-state index is 13.1. The first-order valence-electron chi connectivity index (χ1n) is 9.88. The second kappa shape index (κ2) is 8.56. The van der Waals surface area contributed by atoms with Crippen molar-refractivity contribution in [3.63, 3.8) is 0 Å². The molecule has 29 heavy (non-hydrogen) atoms. The van der Waals surface area contributed by atoms with Gasteiger partial charge in [-0.3, -0.25) is 10.00 Å². The molecule has 0 bridgehead atoms. The van der Waals surface area contributed by atoms with Gasteiger partial charge in [0.1, 0.15) is 16.5 Å². The molecule has 1 aromatic carbocycles. The first kappa shape index (κ1) is 21.3. The summed E-state index contributed by atoms with van der Waals surface area (Å²) in [4.78, 5) is 2.40. The van der Waals surface area contributed by atoms with E-state index < -0.39 is 9.84 Å². The molecule has 1 aliphatic rings. The lowest BCUT2D eigenvalue weighted by atomic mass is 10.1. The predicted molar refractivity (Wildman–Crippen MR) is 110 cm³/mol. The molecule has 0 unspecified atom stereocenters. The molecular formula is C21H28N4O3S. The zero-order valence-electron chi connectivity index (χ0n) is 17.3. The lowest BCUT2D eigenvalue weighted by Gasteiger charge is -2.30. The number of sulfone groups is 1. The van der Waals surface area contributed by atoms with Crippen LogP contribution in [0.2, 0.25) is 0 Å². The summed E-state index contributed by atoms with van der Waals surface area (Å²) in [5, 5.41) is 15.7. The van der Waals surface area contributed by atoms with Crippen molar-refractivity contribution < 1.29 is 13.2 Å². The number of nitrogens with zero attached hydrogens (tertiary/aromatic N) is 3. The van der Waals surface area contributed by atoms with Crippen LogP contribution in [-0.2, 0) is 9.84 Å². The van der Waals surface area contributed by atoms with Gasteiger partial charge in [0.05, 0.1) is 29.1 Å². The van der Waals surface area contributed by atoms with Gasteiger partial charge >= 0.3 is 0 Å². The highest BCUT2D eigenvalue weighted by Crippen LogP contribution is 2.30. The number of benzene rings is 1. The van der Waals surface area contributed by atoms with Gasteiger partial charge in [0.25, 0.3) is 0 Å². The van der Waals surface area contributed by atoms with Crippen LogP contribution in [0.5, 0.6) is 5.75 Å². The standard InChI is InChI=1S/C21H28N4O3S/c1-14-5-8-19(11-15(2)28-20-9-6-18(12-22)7-10-20)25(14)13-29(26,27)21-16(3)23-24-17(21)4/h6-7,9-10,14-15,19H,5,8,11,13H2,1-4H3,(H,23,24)/t14-,15-,19-/m0/s1. The Hall–Kier alpha value is -2.37. The molecule has 1 aliphatic heterocycles. The van der Waals surface area contributed by atoms with E-state index in [1.165, 1.54) is 0 Å². The molecule has 3 atom stereocenters. The fourth-order valence-electron chi connectivity index (χ4n) is 4.14. The number of ether oxygens (including phenoxy) is 1. The van der Waals surface area contributed by atoms with E-state index in [0.717, 1.165) is 19.3 Å². The number of hydrogen-bond donors (Lipinski definition) is 1. The van der Waals surface area contributed by atoms with Crippen molar-refractivity contribution in [2.45, 2.75) is 70.0 Å². The maximum absolute atomic E-state index is 13.1. The van der Waals surface area contributed by atoms with Crippen molar-refractivity contribution in [1.29, 1.82) is 5.26 Å². The number of aromatic nitrogens is 2. The van der Waals surface area contributed by atoms with E-state index in [4.69, 9.17) is 10.00 Å². The van der Waals surface area contributed by atoms with Gasteiger partial charge in [-0.25, -0.2) is 8.42 Å². The molecule has 1 N–H and O–H groups in total. The average molecular weight is 417 g/mol. The smallest absolute Gasteiger partial charge is 0.195 e. The zero-order valence-corrected chi connectivity index (χ0v) is 18.2. The second-order valence-corrected chi connectivity index (χ2v) is 9.80. The predicted octanol–water partition coefficient (Wildman–Crippen LogP) is 3.34. The van der Waals surface area contributed by atoms with Crippen LogP contribution < -0.4 is 4.74 Å². The molecule has 0 saturated carbocycles. The monoisotopic (exact) mass is 416 g/mol. The fraction of sp³-hybridized carbons (Fsp3) is 0.524. The summed E-state index contributed by atoms with van der Waals surface area (Å²) < 4.78 is 32.1. The number of likely N-dealkylation sites (tertiary alicyclic amines) is 1. The summed E-state index contributed by atoms with van der Waals surface area (Å²) >= 11 is 0. The molecule has 8 heteroatoms. The van der Waals surface area contributed by atoms with Gasteiger partial charge in [0, 0.05) is 12.1 Å². The molecule has 7 nitrogen and oxygen atoms in total. The third kappa shape index (κ3) is 4.80. The Balaban J connectivity index is 1.68. The van der Waals surface area contributed by atoms with E-state index in [1.807, 2.05) is 6.92 Å². The molecule has 2 heterocycles. The fourth-order valence-corrected chi connectivity index (χ4v) is 6.14. The Bertz CT molecular complexity index is 972. The van der Waals surface area contributed by atoms with Crippen molar-refractivity contribution in [3.05, 3.63) is 41.2 Å². The highest BCUT2D eigenvalue weighted by molar-refractivity contribution is 7.91. The maximum Gasteiger partial charge on any atom is 0.195 e. The largest absolute Gasteiger partial charge is 0.491 e. The first-order valence-corrected chi connectivity index (χ1v) is 11.5. The highest BCUT2D eigenvalue weighted by atomic mass is 32.2. The highest BCUT2D eigenvalue weighted by Gasteiger charge is 2.36. The van der Waals surface area contributed by atoms with Gasteiger partial charge in [-0.05, 0) is 71.2 Å². The molecule has 1 aromatic heterocycles. The van der Waals surface area contributed by atoms with Crippen molar-refractivity contribution in [2.75, 3.05) is 5.88 Å². The van der Waals surface area contributed by atoms with Crippen LogP contribution in [0.1, 0.15) is 50.1 Å². The Morgan fingerprint density at radius 1 is 1.31 bits per heavy atom. The molecule has 156 valence electrons. The Labute approximate surface area is 172 Å². The third-order valence-corrected chi connectivity index (χ3v) is 7.43. The Morgan fingerprint density at radius 3 is 2.59 bits per heavy atom. The van der Waals surface area contributed by atoms with Crippen LogP contribution in [0.15, 0.2) is 29.2 Å².